The number of ether oxygens (including phenoxy) is 3. The van der Waals surface area contributed by atoms with Crippen molar-refractivity contribution in [2.45, 2.75) is 12.5 Å². The summed E-state index contributed by atoms with van der Waals surface area (Å²) in [4.78, 5) is 2.12. The molecule has 3 rings (SSSR count). The Kier molecular flexibility index (Phi) is 6.01. The van der Waals surface area contributed by atoms with E-state index >= 15 is 0 Å². The van der Waals surface area contributed by atoms with Gasteiger partial charge in [-0.1, -0.05) is 18.2 Å². The molecule has 0 bridgehead atoms. The number of para-hydroxylation sites is 1. The molecule has 0 aliphatic carbocycles. The number of methoxy groups -OCH3 is 2. The minimum absolute atomic E-state index is 0.0830. The minimum Gasteiger partial charge on any atom is -0.493 e. The van der Waals surface area contributed by atoms with Gasteiger partial charge in [0.15, 0.2) is 11.5 Å². The molecule has 0 amide bonds. The van der Waals surface area contributed by atoms with Gasteiger partial charge >= 0.3 is 0 Å². The van der Waals surface area contributed by atoms with Crippen molar-refractivity contribution in [3.8, 4) is 17.2 Å². The van der Waals surface area contributed by atoms with Gasteiger partial charge in [-0.15, -0.1) is 0 Å². The summed E-state index contributed by atoms with van der Waals surface area (Å²) in [5.74, 6) is 2.47. The van der Waals surface area contributed by atoms with Crippen LogP contribution in [0.3, 0.4) is 0 Å². The number of nitrogens with zero attached hydrogens (tertiary/aromatic N) is 1. The summed E-state index contributed by atoms with van der Waals surface area (Å²) < 4.78 is 17.0. The van der Waals surface area contributed by atoms with Crippen LogP contribution in [0, 0.1) is 0 Å². The van der Waals surface area contributed by atoms with Crippen LogP contribution in [0.25, 0.3) is 0 Å². The third-order valence-electron chi connectivity index (χ3n) is 4.72. The lowest BCUT2D eigenvalue weighted by atomic mass is 9.89. The molecule has 1 heterocycles. The molecule has 26 heavy (non-hydrogen) atoms. The van der Waals surface area contributed by atoms with Crippen molar-refractivity contribution in [3.63, 3.8) is 0 Å². The summed E-state index contributed by atoms with van der Waals surface area (Å²) in [7, 11) is 7.45. The normalized spacial score (nSPS) is 16.3. The third-order valence-corrected chi connectivity index (χ3v) is 4.72. The van der Waals surface area contributed by atoms with Gasteiger partial charge in [-0.25, -0.2) is 0 Å². The number of rotatable bonds is 7. The number of hydrogen-bond acceptors (Lipinski definition) is 5. The van der Waals surface area contributed by atoms with E-state index in [1.165, 1.54) is 11.1 Å². The quantitative estimate of drug-likeness (QED) is 0.826. The second kappa shape index (κ2) is 8.43. The van der Waals surface area contributed by atoms with Gasteiger partial charge in [0.05, 0.1) is 20.3 Å². The third kappa shape index (κ3) is 3.94. The maximum Gasteiger partial charge on any atom is 0.165 e. The van der Waals surface area contributed by atoms with E-state index in [1.807, 2.05) is 26.2 Å². The summed E-state index contributed by atoms with van der Waals surface area (Å²) in [6, 6.07) is 12.5. The maximum atomic E-state index is 5.90. The first-order valence-electron chi connectivity index (χ1n) is 8.98. The van der Waals surface area contributed by atoms with E-state index in [0.29, 0.717) is 6.61 Å². The fourth-order valence-corrected chi connectivity index (χ4v) is 3.39. The number of hydrogen-bond donors (Lipinski definition) is 1. The van der Waals surface area contributed by atoms with E-state index in [1.54, 1.807) is 14.2 Å². The van der Waals surface area contributed by atoms with Gasteiger partial charge in [0.2, 0.25) is 0 Å². The van der Waals surface area contributed by atoms with Crippen LogP contribution in [-0.4, -0.2) is 52.9 Å². The molecule has 0 radical (unpaired) electrons. The minimum atomic E-state index is 0.0830. The molecule has 1 atom stereocenters. The molecule has 2 aromatic rings. The Morgan fingerprint density at radius 3 is 2.65 bits per heavy atom. The van der Waals surface area contributed by atoms with E-state index in [9.17, 15) is 0 Å². The topological polar surface area (TPSA) is 43.0 Å². The van der Waals surface area contributed by atoms with Crippen LogP contribution < -0.4 is 19.5 Å². The van der Waals surface area contributed by atoms with Crippen molar-refractivity contribution in [1.29, 1.82) is 0 Å². The highest BCUT2D eigenvalue weighted by Gasteiger charge is 2.25. The number of benzene rings is 2. The van der Waals surface area contributed by atoms with Crippen molar-refractivity contribution in [2.24, 2.45) is 0 Å². The summed E-state index contributed by atoms with van der Waals surface area (Å²) in [6.45, 7) is 2.51. The van der Waals surface area contributed by atoms with Crippen molar-refractivity contribution >= 4 is 0 Å². The predicted molar refractivity (Wildman–Crippen MR) is 104 cm³/mol. The van der Waals surface area contributed by atoms with E-state index < -0.39 is 0 Å². The van der Waals surface area contributed by atoms with Gasteiger partial charge in [0.1, 0.15) is 12.4 Å². The van der Waals surface area contributed by atoms with Crippen molar-refractivity contribution in [2.75, 3.05) is 48.0 Å². The molecular weight excluding hydrogens is 328 g/mol. The molecule has 2 aromatic carbocycles. The Bertz CT molecular complexity index is 746. The summed E-state index contributed by atoms with van der Waals surface area (Å²) in [5, 5.41) is 3.61. The second-order valence-corrected chi connectivity index (χ2v) is 6.73. The Balaban J connectivity index is 1.88. The lowest BCUT2D eigenvalue weighted by molar-refractivity contribution is 0.261. The van der Waals surface area contributed by atoms with Gasteiger partial charge in [0.25, 0.3) is 0 Å². The molecule has 1 aliphatic rings. The van der Waals surface area contributed by atoms with Crippen LogP contribution in [-0.2, 0) is 6.42 Å². The molecule has 0 spiro atoms. The van der Waals surface area contributed by atoms with Gasteiger partial charge < -0.3 is 24.4 Å². The van der Waals surface area contributed by atoms with Crippen molar-refractivity contribution in [3.05, 3.63) is 53.1 Å². The molecule has 0 saturated carbocycles. The Hall–Kier alpha value is -2.24. The first kappa shape index (κ1) is 18.5. The maximum absolute atomic E-state index is 5.90. The highest BCUT2D eigenvalue weighted by molar-refractivity contribution is 5.53. The second-order valence-electron chi connectivity index (χ2n) is 6.73. The lowest BCUT2D eigenvalue weighted by Crippen LogP contribution is -2.31. The van der Waals surface area contributed by atoms with Crippen molar-refractivity contribution in [1.82, 2.24) is 10.2 Å². The standard InChI is InChI=1S/C21H28N2O3/c1-23(2)12-13-26-16-8-9-17-15(14-16)10-11-22-20(17)18-6-5-7-19(24-3)21(18)25-4/h5-9,14,20,22H,10-13H2,1-4H3. The number of likely N-dealkylation sites (N-methyl/N-ethyl adjacent to an activating group) is 1. The molecule has 0 fully saturated rings. The van der Waals surface area contributed by atoms with E-state index in [2.05, 4.69) is 34.5 Å². The average molecular weight is 356 g/mol. The Labute approximate surface area is 155 Å². The zero-order chi connectivity index (χ0) is 18.5. The summed E-state index contributed by atoms with van der Waals surface area (Å²) >= 11 is 0. The van der Waals surface area contributed by atoms with Gasteiger partial charge in [0, 0.05) is 18.7 Å². The fourth-order valence-electron chi connectivity index (χ4n) is 3.39. The highest BCUT2D eigenvalue weighted by atomic mass is 16.5. The first-order valence-corrected chi connectivity index (χ1v) is 8.98. The zero-order valence-corrected chi connectivity index (χ0v) is 16.0. The molecule has 0 saturated heterocycles. The molecule has 1 N–H and O–H groups in total. The van der Waals surface area contributed by atoms with Crippen LogP contribution in [0.4, 0.5) is 0 Å². The first-order chi connectivity index (χ1) is 12.6. The van der Waals surface area contributed by atoms with E-state index in [4.69, 9.17) is 14.2 Å². The van der Waals surface area contributed by atoms with Crippen molar-refractivity contribution < 1.29 is 14.2 Å². The molecular formula is C21H28N2O3. The van der Waals surface area contributed by atoms with Gasteiger partial charge in [-0.2, -0.15) is 0 Å². The highest BCUT2D eigenvalue weighted by Crippen LogP contribution is 2.39. The molecule has 1 unspecified atom stereocenters. The molecule has 140 valence electrons. The van der Waals surface area contributed by atoms with Crippen LogP contribution >= 0.6 is 0 Å². The monoisotopic (exact) mass is 356 g/mol. The predicted octanol–water partition coefficient (Wildman–Crippen LogP) is 2.88. The van der Waals surface area contributed by atoms with Crippen LogP contribution in [0.2, 0.25) is 0 Å². The summed E-state index contributed by atoms with van der Waals surface area (Å²) in [6.07, 6.45) is 0.989. The summed E-state index contributed by atoms with van der Waals surface area (Å²) in [5.41, 5.74) is 3.68. The SMILES string of the molecule is COc1cccc(C2NCCc3cc(OCCN(C)C)ccc32)c1OC. The average Bonchev–Trinajstić information content (AvgIpc) is 2.66. The van der Waals surface area contributed by atoms with Crippen LogP contribution in [0.1, 0.15) is 22.7 Å². The largest absolute Gasteiger partial charge is 0.493 e. The molecule has 5 nitrogen and oxygen atoms in total. The smallest absolute Gasteiger partial charge is 0.165 e. The molecule has 1 aliphatic heterocycles. The van der Waals surface area contributed by atoms with Gasteiger partial charge in [-0.3, -0.25) is 0 Å². The molecule has 0 aromatic heterocycles. The number of fused-ring (bicyclic) bond motifs is 1. The zero-order valence-electron chi connectivity index (χ0n) is 16.0. The lowest BCUT2D eigenvalue weighted by Gasteiger charge is -2.29. The Morgan fingerprint density at radius 1 is 1.08 bits per heavy atom. The van der Waals surface area contributed by atoms with E-state index in [0.717, 1.165) is 42.3 Å². The van der Waals surface area contributed by atoms with Gasteiger partial charge in [-0.05, 0) is 49.8 Å². The fraction of sp³-hybridized carbons (Fsp3) is 0.429. The van der Waals surface area contributed by atoms with Crippen LogP contribution in [0.15, 0.2) is 36.4 Å². The van der Waals surface area contributed by atoms with E-state index in [-0.39, 0.29) is 6.04 Å². The molecule has 5 heteroatoms. The van der Waals surface area contributed by atoms with Crippen LogP contribution in [0.5, 0.6) is 17.2 Å². The Morgan fingerprint density at radius 2 is 1.92 bits per heavy atom. The number of nitrogens with one attached hydrogen (secondary N) is 1.